The minimum absolute atomic E-state index is 0.0322. The van der Waals surface area contributed by atoms with Gasteiger partial charge in [0, 0.05) is 31.6 Å². The van der Waals surface area contributed by atoms with Crippen LogP contribution in [0.5, 0.6) is 5.88 Å². The lowest BCUT2D eigenvalue weighted by Gasteiger charge is -2.60. The topological polar surface area (TPSA) is 93.2 Å². The van der Waals surface area contributed by atoms with E-state index in [9.17, 15) is 12.8 Å². The predicted octanol–water partition coefficient (Wildman–Crippen LogP) is 0.586. The zero-order valence-corrected chi connectivity index (χ0v) is 14.8. The summed E-state index contributed by atoms with van der Waals surface area (Å²) >= 11 is 0. The highest BCUT2D eigenvalue weighted by molar-refractivity contribution is 7.86. The van der Waals surface area contributed by atoms with Crippen molar-refractivity contribution < 1.29 is 17.5 Å². The number of aromatic nitrogens is 2. The van der Waals surface area contributed by atoms with Gasteiger partial charge >= 0.3 is 0 Å². The molecule has 2 aromatic heterocycles. The molecule has 1 saturated carbocycles. The van der Waals surface area contributed by atoms with Crippen LogP contribution in [0.3, 0.4) is 0 Å². The van der Waals surface area contributed by atoms with Crippen molar-refractivity contribution in [1.29, 1.82) is 0 Å². The van der Waals surface area contributed by atoms with Crippen LogP contribution >= 0.6 is 0 Å². The predicted molar refractivity (Wildman–Crippen MR) is 90.2 cm³/mol. The van der Waals surface area contributed by atoms with Gasteiger partial charge in [0.15, 0.2) is 5.82 Å². The summed E-state index contributed by atoms with van der Waals surface area (Å²) in [7, 11) is -0.703. The molecule has 0 aromatic carbocycles. The van der Waals surface area contributed by atoms with Crippen molar-refractivity contribution in [1.82, 2.24) is 13.9 Å². The van der Waals surface area contributed by atoms with E-state index >= 15 is 0 Å². The van der Waals surface area contributed by atoms with E-state index in [1.54, 1.807) is 12.3 Å². The van der Waals surface area contributed by atoms with E-state index < -0.39 is 16.0 Å². The number of pyridine rings is 1. The standard InChI is InChI=1S/C15H20FN5O3S/c1-19(25(17,22)23)10-5-15(6-10)8-20(9-15)13-7-18-21-12(13)4-3-11(16)14(21)24-2/h3-4,7,10H,5-6,8-9H2,1-2H3,(H2,17,22,23). The van der Waals surface area contributed by atoms with Gasteiger partial charge in [0.1, 0.15) is 0 Å². The van der Waals surface area contributed by atoms with E-state index in [0.29, 0.717) is 0 Å². The van der Waals surface area contributed by atoms with Crippen LogP contribution in [0.1, 0.15) is 12.8 Å². The molecule has 136 valence electrons. The number of methoxy groups -OCH3 is 1. The van der Waals surface area contributed by atoms with Crippen molar-refractivity contribution in [3.8, 4) is 5.88 Å². The van der Waals surface area contributed by atoms with E-state index in [-0.39, 0.29) is 17.3 Å². The fourth-order valence-corrected chi connectivity index (χ4v) is 4.58. The Kier molecular flexibility index (Phi) is 3.50. The first-order valence-corrected chi connectivity index (χ1v) is 9.45. The van der Waals surface area contributed by atoms with Gasteiger partial charge in [0.05, 0.1) is 24.5 Å². The van der Waals surface area contributed by atoms with Crippen LogP contribution in [0.4, 0.5) is 10.1 Å². The number of fused-ring (bicyclic) bond motifs is 1. The molecule has 2 aliphatic rings. The van der Waals surface area contributed by atoms with Crippen LogP contribution < -0.4 is 14.8 Å². The Hall–Kier alpha value is -1.91. The van der Waals surface area contributed by atoms with Crippen LogP contribution in [0.25, 0.3) is 5.52 Å². The van der Waals surface area contributed by atoms with Crippen LogP contribution in [0.15, 0.2) is 18.3 Å². The van der Waals surface area contributed by atoms with E-state index in [2.05, 4.69) is 10.00 Å². The van der Waals surface area contributed by atoms with Crippen LogP contribution in [-0.4, -0.2) is 55.6 Å². The average Bonchev–Trinajstić information content (AvgIpc) is 2.87. The number of anilines is 1. The molecule has 10 heteroatoms. The average molecular weight is 369 g/mol. The van der Waals surface area contributed by atoms with Gasteiger partial charge in [-0.05, 0) is 25.0 Å². The summed E-state index contributed by atoms with van der Waals surface area (Å²) in [4.78, 5) is 2.17. The molecule has 1 aliphatic heterocycles. The maximum absolute atomic E-state index is 13.8. The van der Waals surface area contributed by atoms with E-state index in [0.717, 1.165) is 37.1 Å². The quantitative estimate of drug-likeness (QED) is 0.851. The number of nitrogens with two attached hydrogens (primary N) is 1. The van der Waals surface area contributed by atoms with Crippen molar-refractivity contribution in [2.45, 2.75) is 18.9 Å². The molecule has 0 atom stereocenters. The Balaban J connectivity index is 1.48. The summed E-state index contributed by atoms with van der Waals surface area (Å²) in [6.07, 6.45) is 3.30. The highest BCUT2D eigenvalue weighted by Gasteiger charge is 2.54. The third-order valence-corrected chi connectivity index (χ3v) is 6.51. The molecule has 8 nitrogen and oxygen atoms in total. The zero-order valence-electron chi connectivity index (χ0n) is 14.0. The number of hydrogen-bond donors (Lipinski definition) is 1. The molecule has 1 saturated heterocycles. The Morgan fingerprint density at radius 1 is 1.40 bits per heavy atom. The normalized spacial score (nSPS) is 20.1. The molecule has 2 N–H and O–H groups in total. The molecule has 0 unspecified atom stereocenters. The molecule has 0 bridgehead atoms. The molecule has 2 aromatic rings. The second kappa shape index (κ2) is 5.29. The second-order valence-electron chi connectivity index (χ2n) is 7.00. The Labute approximate surface area is 145 Å². The third-order valence-electron chi connectivity index (χ3n) is 5.41. The third kappa shape index (κ3) is 2.47. The molecule has 1 aliphatic carbocycles. The maximum Gasteiger partial charge on any atom is 0.276 e. The Bertz CT molecular complexity index is 930. The fourth-order valence-electron chi connectivity index (χ4n) is 4.02. The Morgan fingerprint density at radius 2 is 2.08 bits per heavy atom. The van der Waals surface area contributed by atoms with Gasteiger partial charge < -0.3 is 9.64 Å². The van der Waals surface area contributed by atoms with Crippen molar-refractivity contribution in [2.75, 3.05) is 32.1 Å². The maximum atomic E-state index is 13.8. The number of ether oxygens (including phenoxy) is 1. The zero-order chi connectivity index (χ0) is 18.0. The number of nitrogens with zero attached hydrogens (tertiary/aromatic N) is 4. The fraction of sp³-hybridized carbons (Fsp3) is 0.533. The van der Waals surface area contributed by atoms with Crippen LogP contribution in [0, 0.1) is 11.2 Å². The summed E-state index contributed by atoms with van der Waals surface area (Å²) in [5.74, 6) is -0.380. The van der Waals surface area contributed by atoms with Gasteiger partial charge in [-0.1, -0.05) is 0 Å². The first-order valence-electron chi connectivity index (χ1n) is 7.95. The number of hydrogen-bond acceptors (Lipinski definition) is 5. The van der Waals surface area contributed by atoms with Crippen LogP contribution in [0.2, 0.25) is 0 Å². The van der Waals surface area contributed by atoms with Gasteiger partial charge in [-0.25, -0.2) is 9.53 Å². The largest absolute Gasteiger partial charge is 0.479 e. The molecule has 3 heterocycles. The van der Waals surface area contributed by atoms with E-state index in [4.69, 9.17) is 9.88 Å². The van der Waals surface area contributed by atoms with Gasteiger partial charge in [0.25, 0.3) is 16.1 Å². The van der Waals surface area contributed by atoms with E-state index in [1.165, 1.54) is 29.0 Å². The van der Waals surface area contributed by atoms with Gasteiger partial charge in [0.2, 0.25) is 0 Å². The molecule has 25 heavy (non-hydrogen) atoms. The highest BCUT2D eigenvalue weighted by Crippen LogP contribution is 2.52. The van der Waals surface area contributed by atoms with Crippen molar-refractivity contribution in [2.24, 2.45) is 10.6 Å². The van der Waals surface area contributed by atoms with Crippen LogP contribution in [-0.2, 0) is 10.2 Å². The lowest BCUT2D eigenvalue weighted by Crippen LogP contribution is -2.67. The first kappa shape index (κ1) is 16.6. The minimum Gasteiger partial charge on any atom is -0.479 e. The minimum atomic E-state index is -3.64. The summed E-state index contributed by atoms with van der Waals surface area (Å²) in [5.41, 5.74) is 1.83. The lowest BCUT2D eigenvalue weighted by atomic mass is 9.60. The molecular weight excluding hydrogens is 349 g/mol. The molecule has 4 rings (SSSR count). The summed E-state index contributed by atoms with van der Waals surface area (Å²) in [5, 5.41) is 9.40. The van der Waals surface area contributed by atoms with Crippen molar-refractivity contribution in [3.63, 3.8) is 0 Å². The molecule has 0 amide bonds. The highest BCUT2D eigenvalue weighted by atomic mass is 32.2. The molecule has 0 radical (unpaired) electrons. The second-order valence-corrected chi connectivity index (χ2v) is 8.60. The SMILES string of the molecule is COc1c(F)ccc2c(N3CC4(CC(N(C)S(N)(=O)=O)C4)C3)cnn12. The van der Waals surface area contributed by atoms with Gasteiger partial charge in [-0.15, -0.1) is 0 Å². The van der Waals surface area contributed by atoms with E-state index in [1.807, 2.05) is 0 Å². The first-order chi connectivity index (χ1) is 11.7. The number of rotatable bonds is 4. The van der Waals surface area contributed by atoms with Crippen molar-refractivity contribution >= 4 is 21.4 Å². The molecule has 2 fully saturated rings. The van der Waals surface area contributed by atoms with Gasteiger partial charge in [-0.2, -0.15) is 22.3 Å². The molecule has 1 spiro atoms. The smallest absolute Gasteiger partial charge is 0.276 e. The summed E-state index contributed by atoms with van der Waals surface area (Å²) in [6, 6.07) is 3.02. The molecular formula is C15H20FN5O3S. The summed E-state index contributed by atoms with van der Waals surface area (Å²) < 4.78 is 44.4. The summed E-state index contributed by atoms with van der Waals surface area (Å²) in [6.45, 7) is 1.64. The Morgan fingerprint density at radius 3 is 2.68 bits per heavy atom. The number of halogens is 1. The van der Waals surface area contributed by atoms with Crippen molar-refractivity contribution in [3.05, 3.63) is 24.1 Å². The lowest BCUT2D eigenvalue weighted by molar-refractivity contribution is 0.0212. The van der Waals surface area contributed by atoms with Gasteiger partial charge in [-0.3, -0.25) is 0 Å². The monoisotopic (exact) mass is 369 g/mol.